The van der Waals surface area contributed by atoms with Gasteiger partial charge in [0.25, 0.3) is 0 Å². The van der Waals surface area contributed by atoms with Gasteiger partial charge >= 0.3 is 0 Å². The SMILES string of the molecule is COc1cccc(N2CCN(c3ccnc4ccc(-c5cn(C(c6ccccc6)(c6ccccc6)C6C=CC=CC6)nc5C)cc34)CC2)n1. The summed E-state index contributed by atoms with van der Waals surface area (Å²) in [5, 5.41) is 6.49. The van der Waals surface area contributed by atoms with E-state index < -0.39 is 5.54 Å². The van der Waals surface area contributed by atoms with Crippen LogP contribution in [0.1, 0.15) is 23.2 Å². The Morgan fingerprint density at radius 1 is 0.776 bits per heavy atom. The lowest BCUT2D eigenvalue weighted by molar-refractivity contribution is 0.292. The normalized spacial score (nSPS) is 16.3. The Hall–Kier alpha value is -5.69. The lowest BCUT2D eigenvalue weighted by Gasteiger charge is -2.41. The van der Waals surface area contributed by atoms with Crippen LogP contribution in [-0.2, 0) is 5.54 Å². The van der Waals surface area contributed by atoms with E-state index in [4.69, 9.17) is 14.8 Å². The molecule has 0 amide bonds. The molecule has 1 saturated heterocycles. The highest BCUT2D eigenvalue weighted by molar-refractivity contribution is 5.95. The molecule has 1 unspecified atom stereocenters. The molecular weight excluding hydrogens is 605 g/mol. The minimum Gasteiger partial charge on any atom is -0.481 e. The minimum atomic E-state index is -0.534. The van der Waals surface area contributed by atoms with Gasteiger partial charge in [-0.05, 0) is 54.3 Å². The molecule has 6 aromatic rings. The highest BCUT2D eigenvalue weighted by Crippen LogP contribution is 2.45. The van der Waals surface area contributed by atoms with Crippen LogP contribution in [0.3, 0.4) is 0 Å². The van der Waals surface area contributed by atoms with Gasteiger partial charge in [-0.2, -0.15) is 10.1 Å². The van der Waals surface area contributed by atoms with Crippen LogP contribution in [0.25, 0.3) is 22.0 Å². The summed E-state index contributed by atoms with van der Waals surface area (Å²) in [4.78, 5) is 14.2. The summed E-state index contributed by atoms with van der Waals surface area (Å²) in [6, 6.07) is 36.4. The molecule has 3 aromatic heterocycles. The van der Waals surface area contributed by atoms with Crippen LogP contribution in [0, 0.1) is 12.8 Å². The third-order valence-corrected chi connectivity index (χ3v) is 10.1. The highest BCUT2D eigenvalue weighted by Gasteiger charge is 2.44. The quantitative estimate of drug-likeness (QED) is 0.167. The molecular formula is C42H40N6O. The number of allylic oxidation sites excluding steroid dienone is 4. The molecule has 0 saturated carbocycles. The third kappa shape index (κ3) is 5.55. The molecule has 0 spiro atoms. The molecule has 8 rings (SSSR count). The first-order chi connectivity index (χ1) is 24.1. The fourth-order valence-electron chi connectivity index (χ4n) is 7.67. The smallest absolute Gasteiger partial charge is 0.214 e. The number of rotatable bonds is 8. The standard InChI is InChI=1S/C42H40N6O/c1-31-37(30-48(45-31)42(33-13-6-3-7-14-33,34-15-8-4-9-16-34)35-17-10-5-11-18-35)32-21-22-38-36(29-32)39(23-24-43-38)46-25-27-47(28-26-46)40-19-12-20-41(44-40)49-2/h3-17,19-24,29-30,35H,18,25-28H2,1-2H3. The van der Waals surface area contributed by atoms with Gasteiger partial charge in [0.05, 0.1) is 18.3 Å². The van der Waals surface area contributed by atoms with E-state index in [1.165, 1.54) is 16.8 Å². The summed E-state index contributed by atoms with van der Waals surface area (Å²) in [5.74, 6) is 1.77. The van der Waals surface area contributed by atoms with Crippen LogP contribution in [-0.4, -0.2) is 53.0 Å². The molecule has 3 aromatic carbocycles. The predicted octanol–water partition coefficient (Wildman–Crippen LogP) is 8.06. The maximum Gasteiger partial charge on any atom is 0.214 e. The van der Waals surface area contributed by atoms with Gasteiger partial charge in [-0.1, -0.05) is 97.1 Å². The van der Waals surface area contributed by atoms with Gasteiger partial charge in [0.2, 0.25) is 5.88 Å². The Balaban J connectivity index is 1.18. The molecule has 49 heavy (non-hydrogen) atoms. The van der Waals surface area contributed by atoms with Crippen molar-refractivity contribution in [2.45, 2.75) is 18.9 Å². The van der Waals surface area contributed by atoms with Gasteiger partial charge in [0.15, 0.2) is 0 Å². The minimum absolute atomic E-state index is 0.174. The monoisotopic (exact) mass is 644 g/mol. The first kappa shape index (κ1) is 30.6. The number of hydrogen-bond acceptors (Lipinski definition) is 6. The fraction of sp³-hybridized carbons (Fsp3) is 0.214. The molecule has 1 aliphatic heterocycles. The Bertz CT molecular complexity index is 2090. The average Bonchev–Trinajstić information content (AvgIpc) is 3.57. The van der Waals surface area contributed by atoms with Gasteiger partial charge in [0, 0.05) is 67.2 Å². The zero-order valence-electron chi connectivity index (χ0n) is 28.0. The summed E-state index contributed by atoms with van der Waals surface area (Å²) in [7, 11) is 1.66. The highest BCUT2D eigenvalue weighted by atomic mass is 16.5. The number of fused-ring (bicyclic) bond motifs is 1. The number of pyridine rings is 2. The molecule has 0 N–H and O–H groups in total. The number of benzene rings is 3. The van der Waals surface area contributed by atoms with Crippen molar-refractivity contribution < 1.29 is 4.74 Å². The Labute approximate surface area is 287 Å². The van der Waals surface area contributed by atoms with Crippen molar-refractivity contribution in [2.75, 3.05) is 43.1 Å². The van der Waals surface area contributed by atoms with Crippen LogP contribution in [0.4, 0.5) is 11.5 Å². The molecule has 1 aliphatic carbocycles. The Morgan fingerprint density at radius 3 is 2.20 bits per heavy atom. The largest absolute Gasteiger partial charge is 0.481 e. The number of nitrogens with zero attached hydrogens (tertiary/aromatic N) is 6. The Morgan fingerprint density at radius 2 is 1.51 bits per heavy atom. The van der Waals surface area contributed by atoms with Crippen LogP contribution in [0.15, 0.2) is 140 Å². The van der Waals surface area contributed by atoms with Crippen LogP contribution in [0.5, 0.6) is 5.88 Å². The van der Waals surface area contributed by atoms with Crippen molar-refractivity contribution in [3.63, 3.8) is 0 Å². The van der Waals surface area contributed by atoms with Crippen molar-refractivity contribution >= 4 is 22.4 Å². The van der Waals surface area contributed by atoms with E-state index in [1.807, 2.05) is 18.3 Å². The molecule has 2 aliphatic rings. The lowest BCUT2D eigenvalue weighted by Crippen LogP contribution is -2.46. The second-order valence-corrected chi connectivity index (χ2v) is 12.8. The van der Waals surface area contributed by atoms with Crippen LogP contribution < -0.4 is 14.5 Å². The van der Waals surface area contributed by atoms with E-state index >= 15 is 0 Å². The number of anilines is 2. The summed E-state index contributed by atoms with van der Waals surface area (Å²) in [6.45, 7) is 5.66. The molecule has 4 heterocycles. The molecule has 7 heteroatoms. The van der Waals surface area contributed by atoms with Crippen molar-refractivity contribution in [2.24, 2.45) is 5.92 Å². The lowest BCUT2D eigenvalue weighted by atomic mass is 9.70. The zero-order chi connectivity index (χ0) is 33.2. The first-order valence-corrected chi connectivity index (χ1v) is 17.1. The van der Waals surface area contributed by atoms with Gasteiger partial charge in [-0.25, -0.2) is 0 Å². The molecule has 244 valence electrons. The maximum atomic E-state index is 5.37. The number of aryl methyl sites for hydroxylation is 1. The van der Waals surface area contributed by atoms with Crippen molar-refractivity contribution in [1.29, 1.82) is 0 Å². The topological polar surface area (TPSA) is 59.3 Å². The van der Waals surface area contributed by atoms with Crippen molar-refractivity contribution in [3.8, 4) is 17.0 Å². The van der Waals surface area contributed by atoms with Gasteiger partial charge < -0.3 is 14.5 Å². The molecule has 0 bridgehead atoms. The third-order valence-electron chi connectivity index (χ3n) is 10.1. The van der Waals surface area contributed by atoms with E-state index in [9.17, 15) is 0 Å². The van der Waals surface area contributed by atoms with E-state index in [2.05, 4.69) is 148 Å². The molecule has 1 atom stereocenters. The number of piperazine rings is 1. The maximum absolute atomic E-state index is 5.37. The summed E-state index contributed by atoms with van der Waals surface area (Å²) < 4.78 is 7.60. The van der Waals surface area contributed by atoms with E-state index in [0.29, 0.717) is 5.88 Å². The zero-order valence-corrected chi connectivity index (χ0v) is 28.0. The summed E-state index contributed by atoms with van der Waals surface area (Å²) in [6.07, 6.45) is 14.0. The van der Waals surface area contributed by atoms with Gasteiger partial charge in [-0.3, -0.25) is 9.67 Å². The van der Waals surface area contributed by atoms with Crippen LogP contribution >= 0.6 is 0 Å². The molecule has 7 nitrogen and oxygen atoms in total. The predicted molar refractivity (Wildman–Crippen MR) is 198 cm³/mol. The number of aromatic nitrogens is 4. The second kappa shape index (κ2) is 13.1. The van der Waals surface area contributed by atoms with E-state index in [-0.39, 0.29) is 5.92 Å². The fourth-order valence-corrected chi connectivity index (χ4v) is 7.67. The average molecular weight is 645 g/mol. The number of methoxy groups -OCH3 is 1. The van der Waals surface area contributed by atoms with Crippen LogP contribution in [0.2, 0.25) is 0 Å². The van der Waals surface area contributed by atoms with Crippen molar-refractivity contribution in [3.05, 3.63) is 157 Å². The molecule has 1 fully saturated rings. The molecule has 0 radical (unpaired) electrons. The van der Waals surface area contributed by atoms with E-state index in [1.54, 1.807) is 7.11 Å². The van der Waals surface area contributed by atoms with Crippen molar-refractivity contribution in [1.82, 2.24) is 19.7 Å². The Kier molecular flexibility index (Phi) is 8.17. The van der Waals surface area contributed by atoms with Gasteiger partial charge in [0.1, 0.15) is 11.4 Å². The van der Waals surface area contributed by atoms with Gasteiger partial charge in [-0.15, -0.1) is 0 Å². The number of hydrogen-bond donors (Lipinski definition) is 0. The number of ether oxygens (including phenoxy) is 1. The second-order valence-electron chi connectivity index (χ2n) is 12.8. The first-order valence-electron chi connectivity index (χ1n) is 17.1. The summed E-state index contributed by atoms with van der Waals surface area (Å²) >= 11 is 0. The summed E-state index contributed by atoms with van der Waals surface area (Å²) in [5.41, 5.74) is 7.35. The van der Waals surface area contributed by atoms with E-state index in [0.717, 1.165) is 66.1 Å².